The van der Waals surface area contributed by atoms with Gasteiger partial charge in [0.2, 0.25) is 5.91 Å². The Morgan fingerprint density at radius 2 is 2.10 bits per heavy atom. The molecule has 0 radical (unpaired) electrons. The third-order valence-corrected chi connectivity index (χ3v) is 3.84. The number of ether oxygens (including phenoxy) is 1. The molecule has 0 bridgehead atoms. The zero-order valence-corrected chi connectivity index (χ0v) is 11.9. The van der Waals surface area contributed by atoms with Gasteiger partial charge in [-0.1, -0.05) is 0 Å². The molecule has 0 unspecified atom stereocenters. The Kier molecular flexibility index (Phi) is 3.39. The first-order chi connectivity index (χ1) is 9.16. The number of carboxylic acid groups (broad SMARTS) is 1. The Hall–Kier alpha value is -1.79. The molecule has 2 heterocycles. The molecule has 2 saturated heterocycles. The monoisotopic (exact) mass is 284 g/mol. The van der Waals surface area contributed by atoms with Gasteiger partial charge in [-0.2, -0.15) is 0 Å². The second-order valence-corrected chi connectivity index (χ2v) is 6.41. The first-order valence-electron chi connectivity index (χ1n) is 6.65. The van der Waals surface area contributed by atoms with Crippen molar-refractivity contribution in [3.8, 4) is 0 Å². The molecule has 7 heteroatoms. The minimum atomic E-state index is -1.01. The first-order valence-corrected chi connectivity index (χ1v) is 6.65. The molecule has 7 nitrogen and oxygen atoms in total. The summed E-state index contributed by atoms with van der Waals surface area (Å²) >= 11 is 0. The molecule has 2 atom stereocenters. The van der Waals surface area contributed by atoms with Gasteiger partial charge in [0.15, 0.2) is 0 Å². The van der Waals surface area contributed by atoms with E-state index in [1.165, 1.54) is 4.90 Å². The lowest BCUT2D eigenvalue weighted by atomic mass is 9.77. The van der Waals surface area contributed by atoms with Crippen molar-refractivity contribution in [3.63, 3.8) is 0 Å². The Morgan fingerprint density at radius 3 is 2.65 bits per heavy atom. The standard InChI is InChI=1S/C13H20N2O5/c1-12(2,3)20-11(19)15-5-4-13(7-15)8(9(16)17)6-14-10(13)18/h8H,4-7H2,1-3H3,(H,14,18)(H,16,17)/t8-,13+/m0/s1. The highest BCUT2D eigenvalue weighted by Gasteiger charge is 2.58. The van der Waals surface area contributed by atoms with Gasteiger partial charge in [0.05, 0.1) is 11.3 Å². The highest BCUT2D eigenvalue weighted by atomic mass is 16.6. The minimum Gasteiger partial charge on any atom is -0.481 e. The number of rotatable bonds is 1. The average molecular weight is 284 g/mol. The van der Waals surface area contributed by atoms with E-state index < -0.39 is 29.0 Å². The number of nitrogens with one attached hydrogen (secondary N) is 1. The molecule has 2 rings (SSSR count). The van der Waals surface area contributed by atoms with Crippen molar-refractivity contribution in [3.05, 3.63) is 0 Å². The number of nitrogens with zero attached hydrogens (tertiary/aromatic N) is 1. The van der Waals surface area contributed by atoms with Crippen LogP contribution in [0.15, 0.2) is 0 Å². The van der Waals surface area contributed by atoms with E-state index in [0.717, 1.165) is 0 Å². The number of hydrogen-bond donors (Lipinski definition) is 2. The Bertz CT molecular complexity index is 456. The number of aliphatic carboxylic acids is 1. The second kappa shape index (κ2) is 4.64. The number of carbonyl (C=O) groups is 3. The van der Waals surface area contributed by atoms with Crippen LogP contribution >= 0.6 is 0 Å². The molecule has 0 aliphatic carbocycles. The van der Waals surface area contributed by atoms with E-state index in [2.05, 4.69) is 5.32 Å². The number of amides is 2. The van der Waals surface area contributed by atoms with E-state index >= 15 is 0 Å². The zero-order valence-electron chi connectivity index (χ0n) is 11.9. The van der Waals surface area contributed by atoms with Gasteiger partial charge in [0, 0.05) is 19.6 Å². The van der Waals surface area contributed by atoms with Gasteiger partial charge in [-0.05, 0) is 27.2 Å². The van der Waals surface area contributed by atoms with E-state index in [1.807, 2.05) is 0 Å². The van der Waals surface area contributed by atoms with Crippen molar-refractivity contribution >= 4 is 18.0 Å². The van der Waals surface area contributed by atoms with Gasteiger partial charge in [0.1, 0.15) is 5.60 Å². The summed E-state index contributed by atoms with van der Waals surface area (Å²) in [6.45, 7) is 5.85. The fourth-order valence-corrected chi connectivity index (χ4v) is 2.83. The molecule has 20 heavy (non-hydrogen) atoms. The smallest absolute Gasteiger partial charge is 0.410 e. The molecular formula is C13H20N2O5. The van der Waals surface area contributed by atoms with Crippen LogP contribution in [-0.4, -0.2) is 53.2 Å². The van der Waals surface area contributed by atoms with Crippen LogP contribution in [0.5, 0.6) is 0 Å². The molecule has 2 aliphatic heterocycles. The maximum atomic E-state index is 12.0. The van der Waals surface area contributed by atoms with Gasteiger partial charge in [-0.15, -0.1) is 0 Å². The summed E-state index contributed by atoms with van der Waals surface area (Å²) < 4.78 is 5.26. The van der Waals surface area contributed by atoms with Crippen LogP contribution in [-0.2, 0) is 14.3 Å². The van der Waals surface area contributed by atoms with Crippen molar-refractivity contribution in [2.45, 2.75) is 32.8 Å². The van der Waals surface area contributed by atoms with Crippen LogP contribution in [0.1, 0.15) is 27.2 Å². The molecule has 2 fully saturated rings. The summed E-state index contributed by atoms with van der Waals surface area (Å²) in [4.78, 5) is 36.7. The van der Waals surface area contributed by atoms with Crippen LogP contribution in [0.4, 0.5) is 4.79 Å². The third kappa shape index (κ3) is 2.44. The maximum absolute atomic E-state index is 12.0. The van der Waals surface area contributed by atoms with Gasteiger partial charge < -0.3 is 20.1 Å². The lowest BCUT2D eigenvalue weighted by Gasteiger charge is -2.27. The van der Waals surface area contributed by atoms with Crippen LogP contribution in [0.25, 0.3) is 0 Å². The van der Waals surface area contributed by atoms with Crippen molar-refractivity contribution in [2.24, 2.45) is 11.3 Å². The van der Waals surface area contributed by atoms with Crippen LogP contribution in [0.3, 0.4) is 0 Å². The lowest BCUT2D eigenvalue weighted by molar-refractivity contribution is -0.147. The topological polar surface area (TPSA) is 95.9 Å². The van der Waals surface area contributed by atoms with E-state index in [4.69, 9.17) is 4.74 Å². The fraction of sp³-hybridized carbons (Fsp3) is 0.769. The quantitative estimate of drug-likeness (QED) is 0.728. The molecule has 0 saturated carbocycles. The van der Waals surface area contributed by atoms with Crippen LogP contribution < -0.4 is 5.32 Å². The normalized spacial score (nSPS) is 29.6. The second-order valence-electron chi connectivity index (χ2n) is 6.41. The summed E-state index contributed by atoms with van der Waals surface area (Å²) in [5, 5.41) is 11.8. The fourth-order valence-electron chi connectivity index (χ4n) is 2.83. The zero-order chi connectivity index (χ0) is 15.1. The molecule has 2 amide bonds. The Morgan fingerprint density at radius 1 is 1.45 bits per heavy atom. The van der Waals surface area contributed by atoms with E-state index in [-0.39, 0.29) is 19.0 Å². The summed E-state index contributed by atoms with van der Waals surface area (Å²) in [6, 6.07) is 0. The first kappa shape index (κ1) is 14.6. The van der Waals surface area contributed by atoms with Crippen LogP contribution in [0, 0.1) is 11.3 Å². The summed E-state index contributed by atoms with van der Waals surface area (Å²) in [6.07, 6.45) is -0.145. The number of carboxylic acids is 1. The highest BCUT2D eigenvalue weighted by Crippen LogP contribution is 2.42. The van der Waals surface area contributed by atoms with E-state index in [9.17, 15) is 19.5 Å². The van der Waals surface area contributed by atoms with Gasteiger partial charge in [0.25, 0.3) is 0 Å². The predicted molar refractivity (Wildman–Crippen MR) is 69.0 cm³/mol. The summed E-state index contributed by atoms with van der Waals surface area (Å²) in [5.41, 5.74) is -1.63. The number of likely N-dealkylation sites (tertiary alicyclic amines) is 1. The Labute approximate surface area is 117 Å². The van der Waals surface area contributed by atoms with Crippen molar-refractivity contribution in [1.82, 2.24) is 10.2 Å². The SMILES string of the molecule is CC(C)(C)OC(=O)N1CC[C@]2(C1)C(=O)NC[C@H]2C(=O)O. The molecule has 0 aromatic rings. The largest absolute Gasteiger partial charge is 0.481 e. The molecule has 2 aliphatic rings. The average Bonchev–Trinajstić information content (AvgIpc) is 2.84. The summed E-state index contributed by atoms with van der Waals surface area (Å²) in [5.74, 6) is -2.08. The predicted octanol–water partition coefficient (Wildman–Crippen LogP) is 0.444. The van der Waals surface area contributed by atoms with Crippen LogP contribution in [0.2, 0.25) is 0 Å². The van der Waals surface area contributed by atoms with E-state index in [0.29, 0.717) is 13.0 Å². The number of hydrogen-bond acceptors (Lipinski definition) is 4. The molecule has 0 aromatic heterocycles. The Balaban J connectivity index is 2.12. The van der Waals surface area contributed by atoms with E-state index in [1.54, 1.807) is 20.8 Å². The van der Waals surface area contributed by atoms with Gasteiger partial charge >= 0.3 is 12.1 Å². The molecule has 112 valence electrons. The molecule has 1 spiro atoms. The third-order valence-electron chi connectivity index (χ3n) is 3.84. The summed E-state index contributed by atoms with van der Waals surface area (Å²) in [7, 11) is 0. The molecule has 2 N–H and O–H groups in total. The lowest BCUT2D eigenvalue weighted by Crippen LogP contribution is -2.43. The highest BCUT2D eigenvalue weighted by molar-refractivity contribution is 5.93. The van der Waals surface area contributed by atoms with Gasteiger partial charge in [-0.25, -0.2) is 4.79 Å². The molecule has 0 aromatic carbocycles. The van der Waals surface area contributed by atoms with Crippen molar-refractivity contribution in [2.75, 3.05) is 19.6 Å². The molecular weight excluding hydrogens is 264 g/mol. The van der Waals surface area contributed by atoms with Gasteiger partial charge in [-0.3, -0.25) is 9.59 Å². The van der Waals surface area contributed by atoms with Crippen molar-refractivity contribution < 1.29 is 24.2 Å². The van der Waals surface area contributed by atoms with Crippen molar-refractivity contribution in [1.29, 1.82) is 0 Å². The maximum Gasteiger partial charge on any atom is 0.410 e. The number of carbonyl (C=O) groups excluding carboxylic acids is 2. The minimum absolute atomic E-state index is 0.102.